The molecular weight excluding hydrogens is 314 g/mol. The maximum Gasteiger partial charge on any atom is 0.295 e. The first-order valence-electron chi connectivity index (χ1n) is 5.73. The Morgan fingerprint density at radius 2 is 2.32 bits per heavy atom. The molecular formula is C12H12BrN3O3. The van der Waals surface area contributed by atoms with Gasteiger partial charge in [-0.3, -0.25) is 10.1 Å². The summed E-state index contributed by atoms with van der Waals surface area (Å²) in [5, 5.41) is 15.1. The minimum atomic E-state index is -0.436. The molecule has 1 heterocycles. The van der Waals surface area contributed by atoms with Crippen molar-refractivity contribution in [2.75, 3.05) is 6.61 Å². The van der Waals surface area contributed by atoms with Crippen LogP contribution in [0.2, 0.25) is 0 Å². The van der Waals surface area contributed by atoms with Gasteiger partial charge in [-0.2, -0.15) is 5.10 Å². The third-order valence-electron chi connectivity index (χ3n) is 2.41. The van der Waals surface area contributed by atoms with Crippen molar-refractivity contribution in [2.45, 2.75) is 13.3 Å². The van der Waals surface area contributed by atoms with Crippen LogP contribution in [0.25, 0.3) is 5.69 Å². The maximum absolute atomic E-state index is 11.0. The second kappa shape index (κ2) is 5.83. The Morgan fingerprint density at radius 1 is 1.53 bits per heavy atom. The minimum Gasteiger partial charge on any atom is -0.490 e. The molecule has 0 aliphatic rings. The molecule has 6 nitrogen and oxygen atoms in total. The topological polar surface area (TPSA) is 70.2 Å². The summed E-state index contributed by atoms with van der Waals surface area (Å²) >= 11 is 3.22. The number of halogens is 1. The summed E-state index contributed by atoms with van der Waals surface area (Å²) in [6.45, 7) is 2.60. The predicted molar refractivity (Wildman–Crippen MR) is 73.7 cm³/mol. The zero-order chi connectivity index (χ0) is 13.8. The van der Waals surface area contributed by atoms with E-state index in [1.54, 1.807) is 24.5 Å². The third kappa shape index (κ3) is 3.11. The van der Waals surface area contributed by atoms with E-state index in [9.17, 15) is 10.1 Å². The number of aromatic nitrogens is 2. The Bertz CT molecular complexity index is 598. The summed E-state index contributed by atoms with van der Waals surface area (Å²) in [4.78, 5) is 10.6. The number of ether oxygens (including phenoxy) is 1. The minimum absolute atomic E-state index is 0.0143. The molecule has 0 fully saturated rings. The molecule has 2 aromatic rings. The molecule has 2 rings (SSSR count). The summed E-state index contributed by atoms with van der Waals surface area (Å²) in [7, 11) is 0. The van der Waals surface area contributed by atoms with Gasteiger partial charge in [0.2, 0.25) is 0 Å². The lowest BCUT2D eigenvalue weighted by atomic mass is 10.3. The van der Waals surface area contributed by atoms with Gasteiger partial charge in [0.15, 0.2) is 5.75 Å². The van der Waals surface area contributed by atoms with E-state index in [2.05, 4.69) is 21.0 Å². The molecule has 0 unspecified atom stereocenters. The molecule has 0 atom stereocenters. The molecule has 19 heavy (non-hydrogen) atoms. The van der Waals surface area contributed by atoms with Crippen LogP contribution < -0.4 is 4.74 Å². The van der Waals surface area contributed by atoms with Gasteiger partial charge in [0.05, 0.1) is 23.9 Å². The molecule has 0 radical (unpaired) electrons. The molecule has 0 saturated heterocycles. The van der Waals surface area contributed by atoms with Crippen molar-refractivity contribution >= 4 is 21.6 Å². The van der Waals surface area contributed by atoms with Crippen LogP contribution >= 0.6 is 15.9 Å². The van der Waals surface area contributed by atoms with E-state index >= 15 is 0 Å². The van der Waals surface area contributed by atoms with Crippen LogP contribution in [0.15, 0.2) is 35.1 Å². The quantitative estimate of drug-likeness (QED) is 0.624. The summed E-state index contributed by atoms with van der Waals surface area (Å²) in [6.07, 6.45) is 4.07. The van der Waals surface area contributed by atoms with Crippen LogP contribution in [0.3, 0.4) is 0 Å². The van der Waals surface area contributed by atoms with Crippen LogP contribution in [0, 0.1) is 10.1 Å². The van der Waals surface area contributed by atoms with Gasteiger partial charge in [-0.05, 0) is 18.6 Å². The van der Waals surface area contributed by atoms with Gasteiger partial charge in [-0.1, -0.05) is 22.9 Å². The highest BCUT2D eigenvalue weighted by molar-refractivity contribution is 9.10. The van der Waals surface area contributed by atoms with Crippen molar-refractivity contribution in [1.29, 1.82) is 0 Å². The Labute approximate surface area is 118 Å². The number of nitrogens with zero attached hydrogens (tertiary/aromatic N) is 3. The van der Waals surface area contributed by atoms with E-state index in [1.165, 1.54) is 10.7 Å². The number of hydrogen-bond donors (Lipinski definition) is 0. The van der Waals surface area contributed by atoms with Crippen LogP contribution in [0.5, 0.6) is 5.75 Å². The first kappa shape index (κ1) is 13.5. The van der Waals surface area contributed by atoms with Crippen molar-refractivity contribution < 1.29 is 9.66 Å². The first-order chi connectivity index (χ1) is 9.11. The highest BCUT2D eigenvalue weighted by Crippen LogP contribution is 2.27. The summed E-state index contributed by atoms with van der Waals surface area (Å²) in [5.41, 5.74) is 0.388. The molecule has 0 saturated carbocycles. The lowest BCUT2D eigenvalue weighted by Gasteiger charge is -2.03. The monoisotopic (exact) mass is 325 g/mol. The normalized spacial score (nSPS) is 10.4. The first-order valence-corrected chi connectivity index (χ1v) is 6.53. The molecule has 0 spiro atoms. The van der Waals surface area contributed by atoms with Crippen LogP contribution in [-0.4, -0.2) is 21.3 Å². The predicted octanol–water partition coefficient (Wildman–Crippen LogP) is 3.33. The average molecular weight is 326 g/mol. The lowest BCUT2D eigenvalue weighted by Crippen LogP contribution is -2.00. The third-order valence-corrected chi connectivity index (χ3v) is 2.91. The summed E-state index contributed by atoms with van der Waals surface area (Å²) in [5.74, 6) is 0.596. The zero-order valence-electron chi connectivity index (χ0n) is 10.2. The van der Waals surface area contributed by atoms with Gasteiger partial charge in [0.1, 0.15) is 5.69 Å². The molecule has 0 aliphatic heterocycles. The Kier molecular flexibility index (Phi) is 4.16. The number of benzene rings is 1. The largest absolute Gasteiger partial charge is 0.490 e. The van der Waals surface area contributed by atoms with Gasteiger partial charge in [-0.15, -0.1) is 0 Å². The van der Waals surface area contributed by atoms with E-state index in [0.717, 1.165) is 6.42 Å². The molecule has 0 amide bonds. The maximum atomic E-state index is 11.0. The molecule has 0 bridgehead atoms. The fourth-order valence-electron chi connectivity index (χ4n) is 1.57. The van der Waals surface area contributed by atoms with E-state index in [-0.39, 0.29) is 5.69 Å². The lowest BCUT2D eigenvalue weighted by molar-refractivity contribution is -0.384. The van der Waals surface area contributed by atoms with E-state index < -0.39 is 4.92 Å². The molecule has 1 aromatic heterocycles. The van der Waals surface area contributed by atoms with Gasteiger partial charge >= 0.3 is 0 Å². The summed E-state index contributed by atoms with van der Waals surface area (Å²) < 4.78 is 7.51. The van der Waals surface area contributed by atoms with Crippen LogP contribution in [0.1, 0.15) is 13.3 Å². The Morgan fingerprint density at radius 3 is 3.00 bits per heavy atom. The van der Waals surface area contributed by atoms with Crippen molar-refractivity contribution in [3.63, 3.8) is 0 Å². The molecule has 7 heteroatoms. The van der Waals surface area contributed by atoms with Gasteiger partial charge in [0.25, 0.3) is 5.69 Å². The standard InChI is InChI=1S/C12H12BrN3O3/c1-2-5-19-10-7-14-15(8-10)11-4-3-9(13)6-12(11)16(17)18/h3-4,6-8H,2,5H2,1H3. The van der Waals surface area contributed by atoms with Crippen molar-refractivity contribution in [3.05, 3.63) is 45.2 Å². The van der Waals surface area contributed by atoms with Crippen LogP contribution in [-0.2, 0) is 0 Å². The Hall–Kier alpha value is -1.89. The summed E-state index contributed by atoms with van der Waals surface area (Å²) in [6, 6.07) is 4.82. The number of rotatable bonds is 5. The highest BCUT2D eigenvalue weighted by Gasteiger charge is 2.16. The van der Waals surface area contributed by atoms with Crippen molar-refractivity contribution in [1.82, 2.24) is 9.78 Å². The fourth-order valence-corrected chi connectivity index (χ4v) is 1.92. The van der Waals surface area contributed by atoms with Crippen molar-refractivity contribution in [3.8, 4) is 11.4 Å². The SMILES string of the molecule is CCCOc1cnn(-c2ccc(Br)cc2[N+](=O)[O-])c1. The van der Waals surface area contributed by atoms with Gasteiger partial charge < -0.3 is 4.74 Å². The molecule has 100 valence electrons. The van der Waals surface area contributed by atoms with Crippen molar-refractivity contribution in [2.24, 2.45) is 0 Å². The number of nitro groups is 1. The molecule has 0 aliphatic carbocycles. The molecule has 1 aromatic carbocycles. The fraction of sp³-hybridized carbons (Fsp3) is 0.250. The highest BCUT2D eigenvalue weighted by atomic mass is 79.9. The second-order valence-corrected chi connectivity index (χ2v) is 4.77. The van der Waals surface area contributed by atoms with Crippen LogP contribution in [0.4, 0.5) is 5.69 Å². The van der Waals surface area contributed by atoms with Gasteiger partial charge in [-0.25, -0.2) is 4.68 Å². The Balaban J connectivity index is 2.36. The second-order valence-electron chi connectivity index (χ2n) is 3.86. The molecule has 0 N–H and O–H groups in total. The number of hydrogen-bond acceptors (Lipinski definition) is 4. The number of nitro benzene ring substituents is 1. The van der Waals surface area contributed by atoms with E-state index in [1.807, 2.05) is 6.92 Å². The smallest absolute Gasteiger partial charge is 0.295 e. The average Bonchev–Trinajstić information content (AvgIpc) is 2.84. The van der Waals surface area contributed by atoms with E-state index in [4.69, 9.17) is 4.74 Å². The van der Waals surface area contributed by atoms with Gasteiger partial charge in [0, 0.05) is 10.5 Å². The van der Waals surface area contributed by atoms with E-state index in [0.29, 0.717) is 22.5 Å². The zero-order valence-corrected chi connectivity index (χ0v) is 11.8.